The summed E-state index contributed by atoms with van der Waals surface area (Å²) in [4.78, 5) is 17.3. The molecule has 4 heterocycles. The molecule has 0 atom stereocenters. The van der Waals surface area contributed by atoms with Crippen molar-refractivity contribution >= 4 is 17.0 Å². The van der Waals surface area contributed by atoms with Gasteiger partial charge in [-0.2, -0.15) is 9.61 Å². The molecular weight excluding hydrogens is 300 g/mol. The lowest BCUT2D eigenvalue weighted by molar-refractivity contribution is 0.539. The predicted molar refractivity (Wildman–Crippen MR) is 83.1 cm³/mol. The molecule has 0 N–H and O–H groups in total. The fourth-order valence-corrected chi connectivity index (χ4v) is 3.01. The molecule has 4 aromatic rings. The molecule has 0 amide bonds. The second-order valence-corrected chi connectivity index (χ2v) is 5.83. The molecule has 4 aromatic heterocycles. The van der Waals surface area contributed by atoms with Gasteiger partial charge in [0.05, 0.1) is 17.6 Å². The van der Waals surface area contributed by atoms with Crippen LogP contribution in [0.2, 0.25) is 0 Å². The summed E-state index contributed by atoms with van der Waals surface area (Å²) in [6, 6.07) is 7.25. The van der Waals surface area contributed by atoms with E-state index >= 15 is 0 Å². The highest BCUT2D eigenvalue weighted by Crippen LogP contribution is 2.26. The van der Waals surface area contributed by atoms with Crippen molar-refractivity contribution in [3.63, 3.8) is 0 Å². The average Bonchev–Trinajstić information content (AvgIpc) is 3.23. The van der Waals surface area contributed by atoms with Crippen molar-refractivity contribution in [1.29, 1.82) is 0 Å². The monoisotopic (exact) mass is 312 g/mol. The lowest BCUT2D eigenvalue weighted by Crippen LogP contribution is -2.17. The zero-order chi connectivity index (χ0) is 15.1. The van der Waals surface area contributed by atoms with E-state index < -0.39 is 0 Å². The molecule has 0 aliphatic carbocycles. The lowest BCUT2D eigenvalue weighted by Gasteiger charge is -2.06. The Hall–Kier alpha value is -2.67. The summed E-state index contributed by atoms with van der Waals surface area (Å²) in [5, 5.41) is 6.02. The van der Waals surface area contributed by atoms with Gasteiger partial charge in [0, 0.05) is 18.3 Å². The molecule has 0 unspecified atom stereocenters. The first-order chi connectivity index (χ1) is 10.7. The summed E-state index contributed by atoms with van der Waals surface area (Å²) in [5.74, 6) is 1.41. The van der Waals surface area contributed by atoms with E-state index in [0.717, 1.165) is 22.0 Å². The van der Waals surface area contributed by atoms with Crippen molar-refractivity contribution in [3.05, 3.63) is 63.8 Å². The van der Waals surface area contributed by atoms with Crippen LogP contribution in [-0.4, -0.2) is 19.2 Å². The number of aromatic nitrogens is 4. The molecular formula is C15H12N4O2S. The molecule has 0 bridgehead atoms. The highest BCUT2D eigenvalue weighted by molar-refractivity contribution is 7.13. The highest BCUT2D eigenvalue weighted by Gasteiger charge is 2.13. The van der Waals surface area contributed by atoms with Gasteiger partial charge in [-0.15, -0.1) is 11.3 Å². The molecule has 110 valence electrons. The Bertz CT molecular complexity index is 994. The van der Waals surface area contributed by atoms with Crippen LogP contribution in [0.4, 0.5) is 0 Å². The van der Waals surface area contributed by atoms with Gasteiger partial charge in [0.1, 0.15) is 17.1 Å². The summed E-state index contributed by atoms with van der Waals surface area (Å²) in [7, 11) is 0. The van der Waals surface area contributed by atoms with E-state index in [2.05, 4.69) is 10.1 Å². The van der Waals surface area contributed by atoms with Gasteiger partial charge >= 0.3 is 0 Å². The maximum Gasteiger partial charge on any atom is 0.274 e. The van der Waals surface area contributed by atoms with Crippen LogP contribution in [0.25, 0.3) is 16.4 Å². The van der Waals surface area contributed by atoms with Gasteiger partial charge in [-0.1, -0.05) is 6.07 Å². The number of aryl methyl sites for hydroxylation is 1. The van der Waals surface area contributed by atoms with Crippen LogP contribution >= 0.6 is 11.3 Å². The SMILES string of the molecule is Cc1oc(-c2cccs2)nc1Cn1ccc(=O)n2nccc12. The third-order valence-corrected chi connectivity index (χ3v) is 4.33. The first kappa shape index (κ1) is 13.0. The van der Waals surface area contributed by atoms with Crippen molar-refractivity contribution in [2.45, 2.75) is 13.5 Å². The maximum atomic E-state index is 11.7. The lowest BCUT2D eigenvalue weighted by atomic mass is 10.3. The van der Waals surface area contributed by atoms with Gasteiger partial charge in [0.15, 0.2) is 0 Å². The molecule has 0 aliphatic rings. The Balaban J connectivity index is 1.75. The van der Waals surface area contributed by atoms with E-state index in [1.54, 1.807) is 29.8 Å². The Morgan fingerprint density at radius 3 is 3.05 bits per heavy atom. The van der Waals surface area contributed by atoms with E-state index in [0.29, 0.717) is 12.4 Å². The molecule has 7 heteroatoms. The van der Waals surface area contributed by atoms with Crippen LogP contribution in [0, 0.1) is 6.92 Å². The summed E-state index contributed by atoms with van der Waals surface area (Å²) >= 11 is 1.59. The Labute approximate surface area is 129 Å². The fraction of sp³-hybridized carbons (Fsp3) is 0.133. The van der Waals surface area contributed by atoms with Crippen LogP contribution in [0.15, 0.2) is 51.3 Å². The summed E-state index contributed by atoms with van der Waals surface area (Å²) < 4.78 is 9.05. The van der Waals surface area contributed by atoms with E-state index in [9.17, 15) is 4.79 Å². The smallest absolute Gasteiger partial charge is 0.274 e. The molecule has 0 fully saturated rings. The molecule has 22 heavy (non-hydrogen) atoms. The van der Waals surface area contributed by atoms with Gasteiger partial charge in [0.25, 0.3) is 5.56 Å². The molecule has 6 nitrogen and oxygen atoms in total. The number of rotatable bonds is 3. The number of fused-ring (bicyclic) bond motifs is 1. The van der Waals surface area contributed by atoms with Gasteiger partial charge in [-0.05, 0) is 18.4 Å². The zero-order valence-electron chi connectivity index (χ0n) is 11.8. The van der Waals surface area contributed by atoms with Crippen molar-refractivity contribution in [2.75, 3.05) is 0 Å². The first-order valence-corrected chi connectivity index (χ1v) is 7.64. The zero-order valence-corrected chi connectivity index (χ0v) is 12.6. The molecule has 0 radical (unpaired) electrons. The second kappa shape index (κ2) is 4.96. The molecule has 0 aliphatic heterocycles. The predicted octanol–water partition coefficient (Wildman–Crippen LogP) is 2.57. The Morgan fingerprint density at radius 1 is 1.32 bits per heavy atom. The van der Waals surface area contributed by atoms with Crippen molar-refractivity contribution in [2.24, 2.45) is 0 Å². The van der Waals surface area contributed by atoms with Crippen LogP contribution in [0.5, 0.6) is 0 Å². The Kier molecular flexibility index (Phi) is 2.93. The normalized spacial score (nSPS) is 11.3. The number of hydrogen-bond donors (Lipinski definition) is 0. The number of nitrogens with zero attached hydrogens (tertiary/aromatic N) is 4. The minimum Gasteiger partial charge on any atom is -0.440 e. The number of hydrogen-bond acceptors (Lipinski definition) is 5. The van der Waals surface area contributed by atoms with Crippen molar-refractivity contribution in [3.8, 4) is 10.8 Å². The van der Waals surface area contributed by atoms with Crippen LogP contribution < -0.4 is 5.56 Å². The second-order valence-electron chi connectivity index (χ2n) is 4.88. The molecule has 0 saturated carbocycles. The minimum atomic E-state index is -0.146. The molecule has 0 spiro atoms. The summed E-state index contributed by atoms with van der Waals surface area (Å²) in [6.45, 7) is 2.42. The summed E-state index contributed by atoms with van der Waals surface area (Å²) in [6.07, 6.45) is 3.36. The molecule has 0 saturated heterocycles. The van der Waals surface area contributed by atoms with Gasteiger partial charge < -0.3 is 8.98 Å². The third-order valence-electron chi connectivity index (χ3n) is 3.47. The van der Waals surface area contributed by atoms with Gasteiger partial charge in [-0.25, -0.2) is 4.98 Å². The first-order valence-electron chi connectivity index (χ1n) is 6.76. The van der Waals surface area contributed by atoms with Gasteiger partial charge in [-0.3, -0.25) is 4.79 Å². The molecule has 4 rings (SSSR count). The minimum absolute atomic E-state index is 0.146. The van der Waals surface area contributed by atoms with Crippen LogP contribution in [-0.2, 0) is 6.54 Å². The quantitative estimate of drug-likeness (QED) is 0.583. The maximum absolute atomic E-state index is 11.7. The van der Waals surface area contributed by atoms with E-state index in [1.807, 2.05) is 29.0 Å². The van der Waals surface area contributed by atoms with Crippen molar-refractivity contribution < 1.29 is 4.42 Å². The van der Waals surface area contributed by atoms with Crippen LogP contribution in [0.1, 0.15) is 11.5 Å². The summed E-state index contributed by atoms with van der Waals surface area (Å²) in [5.41, 5.74) is 1.43. The molecule has 0 aromatic carbocycles. The number of thiophene rings is 1. The van der Waals surface area contributed by atoms with Crippen molar-refractivity contribution in [1.82, 2.24) is 19.2 Å². The van der Waals surface area contributed by atoms with E-state index in [4.69, 9.17) is 4.42 Å². The Morgan fingerprint density at radius 2 is 2.23 bits per heavy atom. The fourth-order valence-electron chi connectivity index (χ4n) is 2.36. The van der Waals surface area contributed by atoms with E-state index in [-0.39, 0.29) is 5.56 Å². The largest absolute Gasteiger partial charge is 0.440 e. The number of oxazole rings is 1. The van der Waals surface area contributed by atoms with E-state index in [1.165, 1.54) is 10.6 Å². The van der Waals surface area contributed by atoms with Crippen LogP contribution in [0.3, 0.4) is 0 Å². The standard InChI is InChI=1S/C15H12N4O2S/c1-10-11(17-15(21-10)12-3-2-8-22-12)9-18-7-5-14(20)19-13(18)4-6-16-19/h2-8H,9H2,1H3. The van der Waals surface area contributed by atoms with Gasteiger partial charge in [0.2, 0.25) is 5.89 Å². The topological polar surface area (TPSA) is 65.3 Å². The highest BCUT2D eigenvalue weighted by atomic mass is 32.1. The third kappa shape index (κ3) is 2.06. The average molecular weight is 312 g/mol.